The molecule has 4 heteroatoms. The highest BCUT2D eigenvalue weighted by Crippen LogP contribution is 2.64. The SMILES string of the molecule is CC(N)CO/N=C1/C=C2CCC3C(CC[C@]4(C)C(=[OH+])CCC34)[C@@]2(C)CC1. The van der Waals surface area contributed by atoms with Gasteiger partial charge in [-0.15, -0.1) is 0 Å². The van der Waals surface area contributed by atoms with Gasteiger partial charge in [0.2, 0.25) is 0 Å². The van der Waals surface area contributed by atoms with Crippen molar-refractivity contribution in [1.82, 2.24) is 0 Å². The lowest BCUT2D eigenvalue weighted by molar-refractivity contribution is -0.0168. The summed E-state index contributed by atoms with van der Waals surface area (Å²) in [5.41, 5.74) is 8.81. The van der Waals surface area contributed by atoms with Gasteiger partial charge in [-0.25, -0.2) is 0 Å². The number of allylic oxidation sites excluding steroid dienone is 2. The Kier molecular flexibility index (Phi) is 4.53. The maximum atomic E-state index is 10.5. The van der Waals surface area contributed by atoms with Crippen molar-refractivity contribution in [3.8, 4) is 0 Å². The lowest BCUT2D eigenvalue weighted by Gasteiger charge is -2.56. The largest absolute Gasteiger partial charge is 0.394 e. The van der Waals surface area contributed by atoms with E-state index in [9.17, 15) is 4.79 Å². The smallest absolute Gasteiger partial charge is 0.299 e. The fourth-order valence-corrected chi connectivity index (χ4v) is 6.67. The fourth-order valence-electron chi connectivity index (χ4n) is 6.67. The van der Waals surface area contributed by atoms with Crippen molar-refractivity contribution in [2.24, 2.45) is 39.5 Å². The summed E-state index contributed by atoms with van der Waals surface area (Å²) in [6.45, 7) is 7.24. The Hall–Kier alpha value is -1.16. The third-order valence-corrected chi connectivity index (χ3v) is 8.24. The normalized spacial score (nSPS) is 44.8. The Labute approximate surface area is 157 Å². The van der Waals surface area contributed by atoms with Crippen LogP contribution in [-0.4, -0.2) is 28.9 Å². The monoisotopic (exact) mass is 359 g/mol. The van der Waals surface area contributed by atoms with E-state index in [2.05, 4.69) is 25.1 Å². The molecule has 144 valence electrons. The van der Waals surface area contributed by atoms with Crippen LogP contribution in [-0.2, 0) is 4.84 Å². The van der Waals surface area contributed by atoms with E-state index in [1.165, 1.54) is 32.1 Å². The molecule has 6 atom stereocenters. The Morgan fingerprint density at radius 1 is 1.15 bits per heavy atom. The third kappa shape index (κ3) is 2.76. The first-order valence-electron chi connectivity index (χ1n) is 10.6. The molecule has 26 heavy (non-hydrogen) atoms. The van der Waals surface area contributed by atoms with Crippen molar-refractivity contribution in [3.63, 3.8) is 0 Å². The van der Waals surface area contributed by atoms with Crippen molar-refractivity contribution in [1.29, 1.82) is 0 Å². The number of hydrogen-bond donors (Lipinski definition) is 1. The molecule has 4 aliphatic rings. The van der Waals surface area contributed by atoms with Gasteiger partial charge in [0, 0.05) is 6.04 Å². The molecule has 0 radical (unpaired) electrons. The molecule has 0 aromatic carbocycles. The van der Waals surface area contributed by atoms with Gasteiger partial charge in [-0.2, -0.15) is 0 Å². The molecule has 0 amide bonds. The van der Waals surface area contributed by atoms with E-state index in [0.29, 0.717) is 17.9 Å². The summed E-state index contributed by atoms with van der Waals surface area (Å²) in [5, 5.41) is 4.35. The molecule has 0 heterocycles. The van der Waals surface area contributed by atoms with Crippen molar-refractivity contribution < 1.29 is 9.63 Å². The standard InChI is InChI=1S/C22H34N2O2/c1-14(23)13-26-24-16-8-10-21(2)15(12-16)4-5-17-18-6-7-20(25)22(18,3)11-9-19(17)21/h12,14,17-19H,4-11,13,23H2,1-3H3/p+1/b24-16+/t14?,17?,18?,19?,21-,22-/m0/s1. The van der Waals surface area contributed by atoms with Gasteiger partial charge in [0.05, 0.1) is 17.5 Å². The molecule has 0 bridgehead atoms. The summed E-state index contributed by atoms with van der Waals surface area (Å²) < 4.78 is 0. The van der Waals surface area contributed by atoms with Gasteiger partial charge in [0.1, 0.15) is 6.61 Å². The van der Waals surface area contributed by atoms with Crippen molar-refractivity contribution in [2.45, 2.75) is 78.2 Å². The number of fused-ring (bicyclic) bond motifs is 5. The zero-order chi connectivity index (χ0) is 18.5. The molecule has 0 spiro atoms. The van der Waals surface area contributed by atoms with Crippen molar-refractivity contribution in [3.05, 3.63) is 11.6 Å². The zero-order valence-corrected chi connectivity index (χ0v) is 16.6. The van der Waals surface area contributed by atoms with Gasteiger partial charge in [-0.3, -0.25) is 4.79 Å². The average Bonchev–Trinajstić information content (AvgIpc) is 2.90. The minimum absolute atomic E-state index is 0.0208. The molecule has 4 rings (SSSR count). The van der Waals surface area contributed by atoms with Gasteiger partial charge in [-0.1, -0.05) is 17.7 Å². The molecule has 4 nitrogen and oxygen atoms in total. The van der Waals surface area contributed by atoms with Crippen LogP contribution in [0.25, 0.3) is 0 Å². The fraction of sp³-hybridized carbons (Fsp3) is 0.818. The van der Waals surface area contributed by atoms with Crippen LogP contribution in [0.3, 0.4) is 0 Å². The predicted molar refractivity (Wildman–Crippen MR) is 106 cm³/mol. The molecule has 0 aliphatic heterocycles. The number of carbonyl (C=O) groups excluding carboxylic acids is 1. The minimum Gasteiger partial charge on any atom is -0.394 e. The van der Waals surface area contributed by atoms with Crippen LogP contribution in [0.2, 0.25) is 0 Å². The molecule has 4 aliphatic carbocycles. The number of nitrogens with zero attached hydrogens (tertiary/aromatic N) is 1. The topological polar surface area (TPSA) is 69.0 Å². The summed E-state index contributed by atoms with van der Waals surface area (Å²) >= 11 is 0. The minimum atomic E-state index is 0.0208. The van der Waals surface area contributed by atoms with E-state index in [0.717, 1.165) is 42.6 Å². The second-order valence-electron chi connectivity index (χ2n) is 9.80. The van der Waals surface area contributed by atoms with Crippen molar-refractivity contribution in [2.75, 3.05) is 6.61 Å². The quantitative estimate of drug-likeness (QED) is 0.605. The highest BCUT2D eigenvalue weighted by atomic mass is 16.6. The summed E-state index contributed by atoms with van der Waals surface area (Å²) in [7, 11) is 0. The maximum Gasteiger partial charge on any atom is 0.299 e. The highest BCUT2D eigenvalue weighted by molar-refractivity contribution is 5.96. The van der Waals surface area contributed by atoms with Gasteiger partial charge < -0.3 is 10.6 Å². The van der Waals surface area contributed by atoms with Crippen LogP contribution in [0.4, 0.5) is 0 Å². The molecule has 3 fully saturated rings. The van der Waals surface area contributed by atoms with Gasteiger partial charge in [-0.05, 0) is 88.0 Å². The Morgan fingerprint density at radius 3 is 2.69 bits per heavy atom. The first-order chi connectivity index (χ1) is 12.3. The van der Waals surface area contributed by atoms with E-state index in [4.69, 9.17) is 10.6 Å². The summed E-state index contributed by atoms with van der Waals surface area (Å²) in [4.78, 5) is 15.9. The van der Waals surface area contributed by atoms with Crippen LogP contribution in [0, 0.1) is 28.6 Å². The summed E-state index contributed by atoms with van der Waals surface area (Å²) in [6.07, 6.45) is 11.5. The molecule has 3 saturated carbocycles. The van der Waals surface area contributed by atoms with Crippen LogP contribution in [0.15, 0.2) is 16.8 Å². The van der Waals surface area contributed by atoms with E-state index in [-0.39, 0.29) is 11.5 Å². The molecular formula is C22H35N2O2+. The first kappa shape index (κ1) is 18.2. The Bertz CT molecular complexity index is 653. The lowest BCUT2D eigenvalue weighted by atomic mass is 9.47. The van der Waals surface area contributed by atoms with Crippen LogP contribution in [0.5, 0.6) is 0 Å². The molecule has 0 aromatic rings. The van der Waals surface area contributed by atoms with E-state index < -0.39 is 0 Å². The summed E-state index contributed by atoms with van der Waals surface area (Å²) in [6, 6.07) is 0.0208. The number of oxime groups is 1. The number of nitrogens with two attached hydrogens (primary N) is 1. The number of rotatable bonds is 3. The number of ketones is 1. The van der Waals surface area contributed by atoms with Crippen LogP contribution >= 0.6 is 0 Å². The predicted octanol–water partition coefficient (Wildman–Crippen LogP) is 4.21. The van der Waals surface area contributed by atoms with Gasteiger partial charge in [0.15, 0.2) is 0 Å². The van der Waals surface area contributed by atoms with Crippen LogP contribution in [0.1, 0.15) is 72.1 Å². The molecule has 0 saturated heterocycles. The maximum absolute atomic E-state index is 10.5. The summed E-state index contributed by atoms with van der Waals surface area (Å²) in [5.74, 6) is 3.01. The average molecular weight is 360 g/mol. The molecule has 4 unspecified atom stereocenters. The second-order valence-corrected chi connectivity index (χ2v) is 9.80. The highest BCUT2D eigenvalue weighted by Gasteiger charge is 2.61. The number of hydrogen-bond acceptors (Lipinski definition) is 3. The van der Waals surface area contributed by atoms with Crippen molar-refractivity contribution >= 4 is 11.5 Å². The Balaban J connectivity index is 1.55. The second kappa shape index (κ2) is 6.47. The zero-order valence-electron chi connectivity index (χ0n) is 16.6. The van der Waals surface area contributed by atoms with Gasteiger partial charge in [0.25, 0.3) is 5.78 Å². The molecule has 3 N–H and O–H groups in total. The van der Waals surface area contributed by atoms with E-state index in [1.807, 2.05) is 6.92 Å². The lowest BCUT2D eigenvalue weighted by Crippen LogP contribution is -2.50. The third-order valence-electron chi connectivity index (χ3n) is 8.24. The van der Waals surface area contributed by atoms with Gasteiger partial charge >= 0.3 is 0 Å². The van der Waals surface area contributed by atoms with E-state index in [1.54, 1.807) is 5.57 Å². The van der Waals surface area contributed by atoms with E-state index >= 15 is 0 Å². The Morgan fingerprint density at radius 2 is 1.92 bits per heavy atom. The molecule has 0 aromatic heterocycles. The molecular weight excluding hydrogens is 324 g/mol. The first-order valence-corrected chi connectivity index (χ1v) is 10.6. The van der Waals surface area contributed by atoms with Crippen LogP contribution < -0.4 is 5.73 Å².